The lowest BCUT2D eigenvalue weighted by Crippen LogP contribution is -2.39. The van der Waals surface area contributed by atoms with Crippen molar-refractivity contribution in [2.75, 3.05) is 40.4 Å². The van der Waals surface area contributed by atoms with Gasteiger partial charge >= 0.3 is 0 Å². The standard InChI is InChI=1S/C22H29N5O4/c1-4-25-11-6-12-27-18(22(25)29)13-17(24-27)15-7-5-10-26(14-15)21(28)16-8-9-19(30-2)23-20(16)31-3/h8-9,13,15H,4-7,10-12,14H2,1-3H3. The number of carbonyl (C=O) groups excluding carboxylic acids is 2. The van der Waals surface area contributed by atoms with E-state index in [1.807, 2.05) is 27.5 Å². The molecule has 0 saturated carbocycles. The van der Waals surface area contributed by atoms with Crippen LogP contribution in [0.3, 0.4) is 0 Å². The average Bonchev–Trinajstić information content (AvgIpc) is 3.18. The van der Waals surface area contributed by atoms with Crippen LogP contribution in [0.25, 0.3) is 0 Å². The summed E-state index contributed by atoms with van der Waals surface area (Å²) in [6, 6.07) is 5.27. The topological polar surface area (TPSA) is 89.8 Å². The molecule has 2 aromatic rings. The van der Waals surface area contributed by atoms with Gasteiger partial charge in [-0.05, 0) is 38.3 Å². The van der Waals surface area contributed by atoms with Crippen molar-refractivity contribution >= 4 is 11.8 Å². The lowest BCUT2D eigenvalue weighted by molar-refractivity contribution is 0.0700. The zero-order chi connectivity index (χ0) is 22.0. The molecule has 0 aromatic carbocycles. The van der Waals surface area contributed by atoms with Gasteiger partial charge in [0.15, 0.2) is 0 Å². The van der Waals surface area contributed by atoms with E-state index in [1.165, 1.54) is 14.2 Å². The number of aryl methyl sites for hydroxylation is 1. The Morgan fingerprint density at radius 1 is 1.16 bits per heavy atom. The van der Waals surface area contributed by atoms with Crippen molar-refractivity contribution in [3.05, 3.63) is 35.2 Å². The normalized spacial score (nSPS) is 19.1. The van der Waals surface area contributed by atoms with Crippen molar-refractivity contribution in [3.8, 4) is 11.8 Å². The van der Waals surface area contributed by atoms with E-state index in [4.69, 9.17) is 14.6 Å². The smallest absolute Gasteiger partial charge is 0.272 e. The van der Waals surface area contributed by atoms with Gasteiger partial charge in [0.25, 0.3) is 11.8 Å². The van der Waals surface area contributed by atoms with Gasteiger partial charge in [0.1, 0.15) is 11.3 Å². The highest BCUT2D eigenvalue weighted by atomic mass is 16.5. The first-order chi connectivity index (χ1) is 15.0. The summed E-state index contributed by atoms with van der Waals surface area (Å²) in [5, 5.41) is 4.75. The van der Waals surface area contributed by atoms with Crippen LogP contribution >= 0.6 is 0 Å². The van der Waals surface area contributed by atoms with Gasteiger partial charge in [0.2, 0.25) is 11.8 Å². The SMILES string of the molecule is CCN1CCCn2nc(C3CCCN(C(=O)c4ccc(OC)nc4OC)C3)cc2C1=O. The maximum absolute atomic E-state index is 13.2. The monoisotopic (exact) mass is 427 g/mol. The van der Waals surface area contributed by atoms with Gasteiger partial charge in [0.05, 0.1) is 19.9 Å². The predicted octanol–water partition coefficient (Wildman–Crippen LogP) is 2.18. The third-order valence-electron chi connectivity index (χ3n) is 6.08. The van der Waals surface area contributed by atoms with Crippen molar-refractivity contribution in [2.45, 2.75) is 38.6 Å². The van der Waals surface area contributed by atoms with E-state index in [0.29, 0.717) is 36.8 Å². The van der Waals surface area contributed by atoms with Gasteiger partial charge in [-0.3, -0.25) is 14.3 Å². The highest BCUT2D eigenvalue weighted by Gasteiger charge is 2.31. The van der Waals surface area contributed by atoms with E-state index >= 15 is 0 Å². The number of likely N-dealkylation sites (tertiary alicyclic amines) is 1. The summed E-state index contributed by atoms with van der Waals surface area (Å²) >= 11 is 0. The number of fused-ring (bicyclic) bond motifs is 1. The van der Waals surface area contributed by atoms with Gasteiger partial charge < -0.3 is 19.3 Å². The zero-order valence-electron chi connectivity index (χ0n) is 18.3. The van der Waals surface area contributed by atoms with Crippen LogP contribution in [0.2, 0.25) is 0 Å². The molecule has 0 radical (unpaired) electrons. The van der Waals surface area contributed by atoms with Crippen molar-refractivity contribution < 1.29 is 19.1 Å². The fraction of sp³-hybridized carbons (Fsp3) is 0.545. The van der Waals surface area contributed by atoms with E-state index in [9.17, 15) is 9.59 Å². The van der Waals surface area contributed by atoms with Crippen LogP contribution in [0, 0.1) is 0 Å². The summed E-state index contributed by atoms with van der Waals surface area (Å²) in [5.41, 5.74) is 1.95. The number of carbonyl (C=O) groups is 2. The molecule has 4 heterocycles. The molecule has 1 unspecified atom stereocenters. The van der Waals surface area contributed by atoms with Crippen molar-refractivity contribution in [1.29, 1.82) is 0 Å². The third kappa shape index (κ3) is 4.08. The number of hydrogen-bond acceptors (Lipinski definition) is 6. The molecule has 1 saturated heterocycles. The Kier molecular flexibility index (Phi) is 6.11. The van der Waals surface area contributed by atoms with Gasteiger partial charge in [-0.15, -0.1) is 0 Å². The molecule has 1 fully saturated rings. The molecule has 2 aliphatic rings. The summed E-state index contributed by atoms with van der Waals surface area (Å²) < 4.78 is 12.3. The van der Waals surface area contributed by atoms with Crippen LogP contribution in [0.5, 0.6) is 11.8 Å². The Morgan fingerprint density at radius 2 is 2.00 bits per heavy atom. The first-order valence-electron chi connectivity index (χ1n) is 10.8. The molecule has 0 bridgehead atoms. The quantitative estimate of drug-likeness (QED) is 0.727. The average molecular weight is 428 g/mol. The molecule has 9 nitrogen and oxygen atoms in total. The van der Waals surface area contributed by atoms with Crippen LogP contribution in [0.15, 0.2) is 18.2 Å². The first kappa shape index (κ1) is 21.1. The van der Waals surface area contributed by atoms with Gasteiger partial charge in [-0.25, -0.2) is 0 Å². The number of rotatable bonds is 5. The van der Waals surface area contributed by atoms with Crippen molar-refractivity contribution in [3.63, 3.8) is 0 Å². The lowest BCUT2D eigenvalue weighted by atomic mass is 9.94. The molecule has 2 amide bonds. The van der Waals surface area contributed by atoms with Gasteiger partial charge in [-0.2, -0.15) is 10.1 Å². The number of nitrogens with zero attached hydrogens (tertiary/aromatic N) is 5. The number of amides is 2. The molecule has 2 aliphatic heterocycles. The van der Waals surface area contributed by atoms with Crippen LogP contribution in [0.1, 0.15) is 58.6 Å². The molecule has 9 heteroatoms. The van der Waals surface area contributed by atoms with Gasteiger partial charge in [0, 0.05) is 44.7 Å². The summed E-state index contributed by atoms with van der Waals surface area (Å²) in [5.74, 6) is 0.667. The highest BCUT2D eigenvalue weighted by molar-refractivity contribution is 5.96. The fourth-order valence-electron chi connectivity index (χ4n) is 4.38. The fourth-order valence-corrected chi connectivity index (χ4v) is 4.38. The number of aromatic nitrogens is 3. The Morgan fingerprint density at radius 3 is 2.74 bits per heavy atom. The second-order valence-corrected chi connectivity index (χ2v) is 7.92. The summed E-state index contributed by atoms with van der Waals surface area (Å²) in [6.07, 6.45) is 2.71. The molecule has 31 heavy (non-hydrogen) atoms. The van der Waals surface area contributed by atoms with E-state index < -0.39 is 0 Å². The van der Waals surface area contributed by atoms with Crippen LogP contribution < -0.4 is 9.47 Å². The minimum atomic E-state index is -0.120. The summed E-state index contributed by atoms with van der Waals surface area (Å²) in [4.78, 5) is 33.9. The lowest BCUT2D eigenvalue weighted by Gasteiger charge is -2.32. The maximum Gasteiger partial charge on any atom is 0.272 e. The number of pyridine rings is 1. The summed E-state index contributed by atoms with van der Waals surface area (Å²) in [6.45, 7) is 5.41. The molecule has 0 N–H and O–H groups in total. The Balaban J connectivity index is 1.54. The molecule has 1 atom stereocenters. The molecule has 4 rings (SSSR count). The molecule has 0 spiro atoms. The number of hydrogen-bond donors (Lipinski definition) is 0. The number of methoxy groups -OCH3 is 2. The molecular weight excluding hydrogens is 398 g/mol. The minimum absolute atomic E-state index is 0.0385. The molecule has 0 aliphatic carbocycles. The number of piperidine rings is 1. The first-order valence-corrected chi connectivity index (χ1v) is 10.8. The Bertz CT molecular complexity index is 973. The van der Waals surface area contributed by atoms with E-state index in [-0.39, 0.29) is 23.6 Å². The van der Waals surface area contributed by atoms with E-state index in [1.54, 1.807) is 12.1 Å². The van der Waals surface area contributed by atoms with E-state index in [0.717, 1.165) is 38.0 Å². The molecular formula is C22H29N5O4. The second-order valence-electron chi connectivity index (χ2n) is 7.92. The minimum Gasteiger partial charge on any atom is -0.481 e. The van der Waals surface area contributed by atoms with Crippen molar-refractivity contribution in [1.82, 2.24) is 24.6 Å². The van der Waals surface area contributed by atoms with Crippen LogP contribution in [0.4, 0.5) is 0 Å². The molecule has 2 aromatic heterocycles. The highest BCUT2D eigenvalue weighted by Crippen LogP contribution is 2.30. The Labute approximate surface area is 181 Å². The third-order valence-corrected chi connectivity index (χ3v) is 6.08. The van der Waals surface area contributed by atoms with Crippen LogP contribution in [-0.4, -0.2) is 76.8 Å². The number of ether oxygens (including phenoxy) is 2. The van der Waals surface area contributed by atoms with Crippen molar-refractivity contribution in [2.24, 2.45) is 0 Å². The van der Waals surface area contributed by atoms with Crippen LogP contribution in [-0.2, 0) is 6.54 Å². The predicted molar refractivity (Wildman–Crippen MR) is 114 cm³/mol. The Hall–Kier alpha value is -3.10. The van der Waals surface area contributed by atoms with E-state index in [2.05, 4.69) is 4.98 Å². The maximum atomic E-state index is 13.2. The summed E-state index contributed by atoms with van der Waals surface area (Å²) in [7, 11) is 3.02. The second kappa shape index (κ2) is 8.95. The largest absolute Gasteiger partial charge is 0.481 e. The molecule has 166 valence electrons. The van der Waals surface area contributed by atoms with Gasteiger partial charge in [-0.1, -0.05) is 0 Å². The zero-order valence-corrected chi connectivity index (χ0v) is 18.3.